The summed E-state index contributed by atoms with van der Waals surface area (Å²) in [5, 5.41) is 0.344. The van der Waals surface area contributed by atoms with Gasteiger partial charge in [-0.3, -0.25) is 19.3 Å². The highest BCUT2D eigenvalue weighted by Gasteiger charge is 2.17. The third-order valence-electron chi connectivity index (χ3n) is 5.15. The van der Waals surface area contributed by atoms with Crippen molar-refractivity contribution >= 4 is 27.5 Å². The van der Waals surface area contributed by atoms with E-state index in [-0.39, 0.29) is 18.1 Å². The number of hydrogen-bond acceptors (Lipinski definition) is 6. The molecule has 7 nitrogen and oxygen atoms in total. The van der Waals surface area contributed by atoms with Crippen LogP contribution in [-0.2, 0) is 6.61 Å². The van der Waals surface area contributed by atoms with Gasteiger partial charge in [-0.1, -0.05) is 31.5 Å². The van der Waals surface area contributed by atoms with Gasteiger partial charge < -0.3 is 4.74 Å². The van der Waals surface area contributed by atoms with Crippen molar-refractivity contribution in [2.45, 2.75) is 40.2 Å². The molecule has 4 aromatic heterocycles. The van der Waals surface area contributed by atoms with Crippen LogP contribution in [0.1, 0.15) is 42.7 Å². The smallest absolute Gasteiger partial charge is 0.273 e. The SMILES string of the molecule is Cc1cccc(COc2cc(C)n(-c3cc(-c4ccnc(C(C)C)n4)ncc3Cl)c(=O)c2Br)n1. The van der Waals surface area contributed by atoms with Crippen molar-refractivity contribution in [1.29, 1.82) is 0 Å². The Balaban J connectivity index is 1.72. The number of halogens is 2. The fourth-order valence-corrected chi connectivity index (χ4v) is 4.05. The first-order valence-electron chi connectivity index (χ1n) is 10.7. The minimum atomic E-state index is -0.295. The highest BCUT2D eigenvalue weighted by Crippen LogP contribution is 2.29. The Hall–Kier alpha value is -3.10. The van der Waals surface area contributed by atoms with Gasteiger partial charge in [0.05, 0.1) is 27.8 Å². The molecule has 0 amide bonds. The van der Waals surface area contributed by atoms with Crippen molar-refractivity contribution in [3.63, 3.8) is 0 Å². The standard InChI is InChI=1S/C25H23BrClN5O2/c1-14(2)24-28-9-8-19(31-24)20-11-21(18(27)12-29-20)32-16(4)10-22(23(26)25(32)33)34-13-17-7-5-6-15(3)30-17/h5-12,14H,13H2,1-4H3. The van der Waals surface area contributed by atoms with Crippen LogP contribution in [0.25, 0.3) is 17.1 Å². The van der Waals surface area contributed by atoms with E-state index in [1.165, 1.54) is 10.8 Å². The van der Waals surface area contributed by atoms with E-state index in [4.69, 9.17) is 16.3 Å². The van der Waals surface area contributed by atoms with Gasteiger partial charge in [0.25, 0.3) is 5.56 Å². The zero-order valence-corrected chi connectivity index (χ0v) is 21.6. The van der Waals surface area contributed by atoms with E-state index < -0.39 is 0 Å². The zero-order valence-electron chi connectivity index (χ0n) is 19.2. The maximum absolute atomic E-state index is 13.3. The van der Waals surface area contributed by atoms with Gasteiger partial charge in [-0.05, 0) is 54.0 Å². The van der Waals surface area contributed by atoms with Crippen molar-refractivity contribution < 1.29 is 4.74 Å². The molecule has 4 rings (SSSR count). The first-order valence-corrected chi connectivity index (χ1v) is 11.9. The number of ether oxygens (including phenoxy) is 1. The fourth-order valence-electron chi connectivity index (χ4n) is 3.45. The first kappa shape index (κ1) is 24.0. The van der Waals surface area contributed by atoms with Gasteiger partial charge in [0.1, 0.15) is 22.7 Å². The summed E-state index contributed by atoms with van der Waals surface area (Å²) in [7, 11) is 0. The molecular weight excluding hydrogens is 518 g/mol. The molecule has 0 saturated heterocycles. The number of aryl methyl sites for hydroxylation is 2. The Morgan fingerprint density at radius 2 is 1.88 bits per heavy atom. The van der Waals surface area contributed by atoms with Crippen LogP contribution in [0.5, 0.6) is 5.75 Å². The first-order chi connectivity index (χ1) is 16.2. The van der Waals surface area contributed by atoms with Crippen LogP contribution >= 0.6 is 27.5 Å². The molecule has 0 N–H and O–H groups in total. The molecule has 0 radical (unpaired) electrons. The van der Waals surface area contributed by atoms with Crippen LogP contribution in [0.3, 0.4) is 0 Å². The number of nitrogens with zero attached hydrogens (tertiary/aromatic N) is 5. The normalized spacial score (nSPS) is 11.1. The van der Waals surface area contributed by atoms with Gasteiger partial charge >= 0.3 is 0 Å². The van der Waals surface area contributed by atoms with Crippen LogP contribution in [0.4, 0.5) is 0 Å². The average Bonchev–Trinajstić information content (AvgIpc) is 2.82. The maximum atomic E-state index is 13.3. The van der Waals surface area contributed by atoms with Crippen molar-refractivity contribution in [2.75, 3.05) is 0 Å². The average molecular weight is 541 g/mol. The van der Waals surface area contributed by atoms with Crippen molar-refractivity contribution in [3.8, 4) is 22.8 Å². The number of pyridine rings is 3. The quantitative estimate of drug-likeness (QED) is 0.306. The van der Waals surface area contributed by atoms with Crippen molar-refractivity contribution in [2.24, 2.45) is 0 Å². The van der Waals surface area contributed by atoms with E-state index in [2.05, 4.69) is 35.9 Å². The van der Waals surface area contributed by atoms with E-state index in [1.54, 1.807) is 24.4 Å². The van der Waals surface area contributed by atoms with Gasteiger partial charge in [-0.25, -0.2) is 9.97 Å². The van der Waals surface area contributed by atoms with Crippen LogP contribution in [-0.4, -0.2) is 24.5 Å². The minimum absolute atomic E-state index is 0.176. The monoisotopic (exact) mass is 539 g/mol. The lowest BCUT2D eigenvalue weighted by Crippen LogP contribution is -2.22. The second-order valence-electron chi connectivity index (χ2n) is 8.14. The Morgan fingerprint density at radius 3 is 2.62 bits per heavy atom. The summed E-state index contributed by atoms with van der Waals surface area (Å²) in [6.45, 7) is 8.04. The lowest BCUT2D eigenvalue weighted by molar-refractivity contribution is 0.298. The van der Waals surface area contributed by atoms with Gasteiger partial charge in [-0.15, -0.1) is 0 Å². The summed E-state index contributed by atoms with van der Waals surface area (Å²) in [6.07, 6.45) is 3.23. The molecule has 0 spiro atoms. The van der Waals surface area contributed by atoms with Crippen LogP contribution in [0.15, 0.2) is 58.1 Å². The van der Waals surface area contributed by atoms with Crippen LogP contribution in [0.2, 0.25) is 5.02 Å². The Labute approximate surface area is 211 Å². The van der Waals surface area contributed by atoms with Crippen molar-refractivity contribution in [3.05, 3.63) is 91.5 Å². The third-order valence-corrected chi connectivity index (χ3v) is 6.17. The van der Waals surface area contributed by atoms with Gasteiger partial charge in [-0.2, -0.15) is 0 Å². The Kier molecular flexibility index (Phi) is 7.09. The van der Waals surface area contributed by atoms with E-state index in [0.717, 1.165) is 17.2 Å². The lowest BCUT2D eigenvalue weighted by Gasteiger charge is -2.16. The summed E-state index contributed by atoms with van der Waals surface area (Å²) in [5.74, 6) is 1.33. The van der Waals surface area contributed by atoms with E-state index in [1.807, 2.05) is 45.9 Å². The van der Waals surface area contributed by atoms with Crippen LogP contribution in [0, 0.1) is 13.8 Å². The molecule has 0 saturated carbocycles. The molecule has 4 aromatic rings. The number of aromatic nitrogens is 5. The molecule has 0 aliphatic carbocycles. The second-order valence-corrected chi connectivity index (χ2v) is 9.34. The van der Waals surface area contributed by atoms with Gasteiger partial charge in [0, 0.05) is 35.8 Å². The predicted octanol–water partition coefficient (Wildman–Crippen LogP) is 5.82. The highest BCUT2D eigenvalue weighted by atomic mass is 79.9. The number of hydrogen-bond donors (Lipinski definition) is 0. The maximum Gasteiger partial charge on any atom is 0.273 e. The molecule has 34 heavy (non-hydrogen) atoms. The van der Waals surface area contributed by atoms with Gasteiger partial charge in [0.2, 0.25) is 0 Å². The molecule has 0 atom stereocenters. The van der Waals surface area contributed by atoms with E-state index in [0.29, 0.717) is 38.0 Å². The zero-order chi connectivity index (χ0) is 24.4. The summed E-state index contributed by atoms with van der Waals surface area (Å²) in [4.78, 5) is 31.1. The molecule has 0 aliphatic heterocycles. The highest BCUT2D eigenvalue weighted by molar-refractivity contribution is 9.10. The molecule has 0 fully saturated rings. The molecule has 4 heterocycles. The summed E-state index contributed by atoms with van der Waals surface area (Å²) >= 11 is 9.89. The van der Waals surface area contributed by atoms with E-state index in [9.17, 15) is 4.79 Å². The molecule has 0 aromatic carbocycles. The fraction of sp³-hybridized carbons (Fsp3) is 0.240. The largest absolute Gasteiger partial charge is 0.486 e. The molecule has 174 valence electrons. The summed E-state index contributed by atoms with van der Waals surface area (Å²) < 4.78 is 7.73. The molecular formula is C25H23BrClN5O2. The summed E-state index contributed by atoms with van der Waals surface area (Å²) in [6, 6.07) is 11.1. The molecule has 0 aliphatic rings. The predicted molar refractivity (Wildman–Crippen MR) is 136 cm³/mol. The van der Waals surface area contributed by atoms with Crippen molar-refractivity contribution in [1.82, 2.24) is 24.5 Å². The molecule has 0 unspecified atom stereocenters. The second kappa shape index (κ2) is 10.0. The Bertz CT molecular complexity index is 1420. The molecule has 9 heteroatoms. The number of rotatable bonds is 6. The topological polar surface area (TPSA) is 82.8 Å². The Morgan fingerprint density at radius 1 is 1.09 bits per heavy atom. The van der Waals surface area contributed by atoms with Crippen LogP contribution < -0.4 is 10.3 Å². The van der Waals surface area contributed by atoms with E-state index >= 15 is 0 Å². The minimum Gasteiger partial charge on any atom is -0.486 e. The van der Waals surface area contributed by atoms with Gasteiger partial charge in [0.15, 0.2) is 0 Å². The lowest BCUT2D eigenvalue weighted by atomic mass is 10.2. The molecule has 0 bridgehead atoms. The third kappa shape index (κ3) is 5.03. The summed E-state index contributed by atoms with van der Waals surface area (Å²) in [5.41, 5.74) is 3.80.